The van der Waals surface area contributed by atoms with Crippen molar-refractivity contribution in [1.82, 2.24) is 15.0 Å². The van der Waals surface area contributed by atoms with Gasteiger partial charge in [-0.1, -0.05) is 27.7 Å². The zero-order valence-electron chi connectivity index (χ0n) is 15.1. The smallest absolute Gasteiger partial charge is 0.226 e. The molecule has 1 unspecified atom stereocenters. The van der Waals surface area contributed by atoms with E-state index in [1.807, 2.05) is 0 Å². The van der Waals surface area contributed by atoms with Crippen LogP contribution in [0.25, 0.3) is 5.57 Å². The first kappa shape index (κ1) is 18.8. The zero-order valence-corrected chi connectivity index (χ0v) is 15.1. The van der Waals surface area contributed by atoms with Crippen molar-refractivity contribution in [2.24, 2.45) is 11.8 Å². The van der Waals surface area contributed by atoms with Crippen LogP contribution in [-0.4, -0.2) is 32.7 Å². The second-order valence-electron chi connectivity index (χ2n) is 7.34. The SMILES string of the molecule is CC(C)CCc1nc(NCC(C)C)nc(C2=C(F)C(O)CCC2)n1. The number of rotatable bonds is 7. The number of hydrogen-bond donors (Lipinski definition) is 2. The summed E-state index contributed by atoms with van der Waals surface area (Å²) in [5.74, 6) is 2.05. The molecule has 0 radical (unpaired) electrons. The molecule has 2 N–H and O–H groups in total. The van der Waals surface area contributed by atoms with Crippen LogP contribution in [0.2, 0.25) is 0 Å². The summed E-state index contributed by atoms with van der Waals surface area (Å²) in [4.78, 5) is 13.3. The Hall–Kier alpha value is -1.56. The first-order valence-corrected chi connectivity index (χ1v) is 8.92. The van der Waals surface area contributed by atoms with Crippen LogP contribution in [0.15, 0.2) is 5.83 Å². The molecular formula is C18H29FN4O. The lowest BCUT2D eigenvalue weighted by Gasteiger charge is -2.19. The Morgan fingerprint density at radius 3 is 2.58 bits per heavy atom. The highest BCUT2D eigenvalue weighted by Crippen LogP contribution is 2.32. The molecule has 0 amide bonds. The second kappa shape index (κ2) is 8.51. The molecule has 0 bridgehead atoms. The van der Waals surface area contributed by atoms with E-state index < -0.39 is 11.9 Å². The van der Waals surface area contributed by atoms with Crippen LogP contribution in [0.3, 0.4) is 0 Å². The number of nitrogens with zero attached hydrogens (tertiary/aromatic N) is 3. The summed E-state index contributed by atoms with van der Waals surface area (Å²) < 4.78 is 14.3. The fourth-order valence-electron chi connectivity index (χ4n) is 2.60. The molecule has 5 nitrogen and oxygen atoms in total. The zero-order chi connectivity index (χ0) is 17.7. The van der Waals surface area contributed by atoms with Crippen LogP contribution in [-0.2, 0) is 6.42 Å². The number of aliphatic hydroxyl groups excluding tert-OH is 1. The summed E-state index contributed by atoms with van der Waals surface area (Å²) >= 11 is 0. The van der Waals surface area contributed by atoms with E-state index in [0.717, 1.165) is 25.8 Å². The number of hydrogen-bond acceptors (Lipinski definition) is 5. The summed E-state index contributed by atoms with van der Waals surface area (Å²) in [5, 5.41) is 13.0. The molecule has 1 aromatic rings. The third-order valence-electron chi connectivity index (χ3n) is 4.05. The van der Waals surface area contributed by atoms with Gasteiger partial charge in [-0.25, -0.2) is 9.37 Å². The van der Waals surface area contributed by atoms with Gasteiger partial charge in [-0.15, -0.1) is 0 Å². The summed E-state index contributed by atoms with van der Waals surface area (Å²) in [6, 6.07) is 0. The lowest BCUT2D eigenvalue weighted by molar-refractivity contribution is 0.165. The fraction of sp³-hybridized carbons (Fsp3) is 0.722. The number of halogens is 1. The van der Waals surface area contributed by atoms with Gasteiger partial charge in [-0.05, 0) is 37.5 Å². The van der Waals surface area contributed by atoms with Gasteiger partial charge in [0.05, 0.1) is 0 Å². The van der Waals surface area contributed by atoms with Gasteiger partial charge in [-0.2, -0.15) is 9.97 Å². The molecule has 0 spiro atoms. The number of aliphatic hydroxyl groups is 1. The highest BCUT2D eigenvalue weighted by atomic mass is 19.1. The molecule has 1 heterocycles. The Labute approximate surface area is 143 Å². The molecule has 0 saturated carbocycles. The molecule has 1 aliphatic rings. The lowest BCUT2D eigenvalue weighted by atomic mass is 9.95. The van der Waals surface area contributed by atoms with Crippen molar-refractivity contribution in [3.05, 3.63) is 17.5 Å². The van der Waals surface area contributed by atoms with Crippen LogP contribution in [0, 0.1) is 11.8 Å². The van der Waals surface area contributed by atoms with Gasteiger partial charge in [0.1, 0.15) is 17.8 Å². The third-order valence-corrected chi connectivity index (χ3v) is 4.05. The predicted molar refractivity (Wildman–Crippen MR) is 94.2 cm³/mol. The molecular weight excluding hydrogens is 307 g/mol. The average molecular weight is 336 g/mol. The molecule has 0 aliphatic heterocycles. The highest BCUT2D eigenvalue weighted by molar-refractivity contribution is 5.64. The molecule has 0 aromatic carbocycles. The fourth-order valence-corrected chi connectivity index (χ4v) is 2.60. The van der Waals surface area contributed by atoms with E-state index >= 15 is 0 Å². The van der Waals surface area contributed by atoms with E-state index in [-0.39, 0.29) is 0 Å². The van der Waals surface area contributed by atoms with Gasteiger partial charge < -0.3 is 10.4 Å². The van der Waals surface area contributed by atoms with Crippen molar-refractivity contribution in [1.29, 1.82) is 0 Å². The van der Waals surface area contributed by atoms with E-state index in [1.165, 1.54) is 0 Å². The minimum absolute atomic E-state index is 0.367. The second-order valence-corrected chi connectivity index (χ2v) is 7.34. The van der Waals surface area contributed by atoms with Crippen molar-refractivity contribution >= 4 is 11.5 Å². The lowest BCUT2D eigenvalue weighted by Crippen LogP contribution is -2.18. The van der Waals surface area contributed by atoms with E-state index in [0.29, 0.717) is 47.8 Å². The molecule has 1 aliphatic carbocycles. The average Bonchev–Trinajstić information content (AvgIpc) is 2.53. The Kier molecular flexibility index (Phi) is 6.66. The molecule has 0 saturated heterocycles. The summed E-state index contributed by atoms with van der Waals surface area (Å²) in [6.07, 6.45) is 2.43. The Bertz CT molecular complexity index is 556. The number of aryl methyl sites for hydroxylation is 1. The minimum atomic E-state index is -1.03. The van der Waals surface area contributed by atoms with Crippen LogP contribution < -0.4 is 5.32 Å². The van der Waals surface area contributed by atoms with Crippen LogP contribution in [0.5, 0.6) is 0 Å². The van der Waals surface area contributed by atoms with Crippen molar-refractivity contribution in [2.75, 3.05) is 11.9 Å². The summed E-state index contributed by atoms with van der Waals surface area (Å²) in [5.41, 5.74) is 0.426. The highest BCUT2D eigenvalue weighted by Gasteiger charge is 2.25. The van der Waals surface area contributed by atoms with Crippen LogP contribution >= 0.6 is 0 Å². The molecule has 1 atom stereocenters. The largest absolute Gasteiger partial charge is 0.386 e. The molecule has 1 aromatic heterocycles. The maximum atomic E-state index is 14.3. The van der Waals surface area contributed by atoms with E-state index in [1.54, 1.807) is 0 Å². The molecule has 2 rings (SSSR count). The number of anilines is 1. The van der Waals surface area contributed by atoms with Crippen LogP contribution in [0.4, 0.5) is 10.3 Å². The van der Waals surface area contributed by atoms with E-state index in [4.69, 9.17) is 0 Å². The third kappa shape index (κ3) is 5.23. The van der Waals surface area contributed by atoms with Gasteiger partial charge in [0.2, 0.25) is 5.95 Å². The van der Waals surface area contributed by atoms with Gasteiger partial charge in [0.25, 0.3) is 0 Å². The topological polar surface area (TPSA) is 70.9 Å². The quantitative estimate of drug-likeness (QED) is 0.793. The van der Waals surface area contributed by atoms with Gasteiger partial charge in [-0.3, -0.25) is 0 Å². The standard InChI is InChI=1S/C18H29FN4O/c1-11(2)8-9-15-21-17(13-6-5-7-14(24)16(13)19)23-18(22-15)20-10-12(3)4/h11-12,14,24H,5-10H2,1-4H3,(H,20,21,22,23). The maximum Gasteiger partial charge on any atom is 0.226 e. The number of allylic oxidation sites excluding steroid dienone is 1. The number of aromatic nitrogens is 3. The molecule has 134 valence electrons. The van der Waals surface area contributed by atoms with Crippen molar-refractivity contribution in [3.8, 4) is 0 Å². The maximum absolute atomic E-state index is 14.3. The van der Waals surface area contributed by atoms with Crippen molar-refractivity contribution in [3.63, 3.8) is 0 Å². The summed E-state index contributed by atoms with van der Waals surface area (Å²) in [7, 11) is 0. The van der Waals surface area contributed by atoms with Crippen molar-refractivity contribution < 1.29 is 9.50 Å². The number of nitrogens with one attached hydrogen (secondary N) is 1. The normalized spacial score (nSPS) is 18.6. The molecule has 24 heavy (non-hydrogen) atoms. The van der Waals surface area contributed by atoms with E-state index in [2.05, 4.69) is 48.0 Å². The molecule has 6 heteroatoms. The van der Waals surface area contributed by atoms with Crippen molar-refractivity contribution in [2.45, 2.75) is 65.9 Å². The molecule has 0 fully saturated rings. The van der Waals surface area contributed by atoms with E-state index in [9.17, 15) is 9.50 Å². The Morgan fingerprint density at radius 1 is 1.17 bits per heavy atom. The summed E-state index contributed by atoms with van der Waals surface area (Å²) in [6.45, 7) is 9.26. The monoisotopic (exact) mass is 336 g/mol. The Morgan fingerprint density at radius 2 is 1.92 bits per heavy atom. The first-order valence-electron chi connectivity index (χ1n) is 8.92. The minimum Gasteiger partial charge on any atom is -0.386 e. The van der Waals surface area contributed by atoms with Gasteiger partial charge >= 0.3 is 0 Å². The Balaban J connectivity index is 2.32. The predicted octanol–water partition coefficient (Wildman–Crippen LogP) is 3.75. The van der Waals surface area contributed by atoms with Gasteiger partial charge in [0.15, 0.2) is 5.82 Å². The van der Waals surface area contributed by atoms with Gasteiger partial charge in [0, 0.05) is 18.5 Å². The first-order chi connectivity index (χ1) is 11.4. The van der Waals surface area contributed by atoms with Crippen LogP contribution in [0.1, 0.15) is 65.0 Å².